The van der Waals surface area contributed by atoms with Gasteiger partial charge in [-0.2, -0.15) is 0 Å². The first-order valence-corrected chi connectivity index (χ1v) is 8.64. The van der Waals surface area contributed by atoms with E-state index in [0.717, 1.165) is 12.0 Å². The maximum atomic E-state index is 12.3. The number of hydrogen-bond acceptors (Lipinski definition) is 6. The summed E-state index contributed by atoms with van der Waals surface area (Å²) in [4.78, 5) is 14.0. The number of nitrogens with zero attached hydrogens (tertiary/aromatic N) is 3. The van der Waals surface area contributed by atoms with Gasteiger partial charge in [0.1, 0.15) is 17.2 Å². The van der Waals surface area contributed by atoms with E-state index in [0.29, 0.717) is 30.2 Å². The zero-order chi connectivity index (χ0) is 18.9. The van der Waals surface area contributed by atoms with Crippen LogP contribution in [0.4, 0.5) is 10.6 Å². The molecule has 7 heteroatoms. The monoisotopic (exact) mass is 356 g/mol. The van der Waals surface area contributed by atoms with E-state index in [-0.39, 0.29) is 17.8 Å². The van der Waals surface area contributed by atoms with Crippen LogP contribution in [-0.2, 0) is 4.74 Å². The van der Waals surface area contributed by atoms with Gasteiger partial charge in [0.25, 0.3) is 0 Å². The summed E-state index contributed by atoms with van der Waals surface area (Å²) in [7, 11) is 0. The van der Waals surface area contributed by atoms with E-state index >= 15 is 0 Å². The van der Waals surface area contributed by atoms with Crippen LogP contribution in [0.15, 0.2) is 30.3 Å². The number of anilines is 1. The number of rotatable bonds is 2. The second-order valence-electron chi connectivity index (χ2n) is 7.50. The number of benzene rings is 1. The highest BCUT2D eigenvalue weighted by atomic mass is 16.6. The zero-order valence-corrected chi connectivity index (χ0v) is 15.3. The van der Waals surface area contributed by atoms with Gasteiger partial charge in [0.05, 0.1) is 5.69 Å². The summed E-state index contributed by atoms with van der Waals surface area (Å²) >= 11 is 0. The van der Waals surface area contributed by atoms with Crippen LogP contribution in [-0.4, -0.2) is 45.0 Å². The average molecular weight is 356 g/mol. The Bertz CT molecular complexity index is 817. The third-order valence-electron chi connectivity index (χ3n) is 4.31. The molecular formula is C19H24N4O3. The van der Waals surface area contributed by atoms with E-state index in [9.17, 15) is 9.90 Å². The van der Waals surface area contributed by atoms with E-state index in [2.05, 4.69) is 10.2 Å². The molecule has 2 aromatic rings. The molecule has 1 saturated heterocycles. The summed E-state index contributed by atoms with van der Waals surface area (Å²) in [5, 5.41) is 18.2. The van der Waals surface area contributed by atoms with Gasteiger partial charge in [-0.3, -0.25) is 0 Å². The molecule has 1 amide bonds. The van der Waals surface area contributed by atoms with Crippen LogP contribution in [0.3, 0.4) is 0 Å². The van der Waals surface area contributed by atoms with Gasteiger partial charge in [-0.1, -0.05) is 12.1 Å². The lowest BCUT2D eigenvalue weighted by Gasteiger charge is -2.24. The van der Waals surface area contributed by atoms with Gasteiger partial charge in [0, 0.05) is 30.1 Å². The lowest BCUT2D eigenvalue weighted by atomic mass is 9.97. The molecule has 2 heterocycles. The number of carbonyl (C=O) groups is 1. The highest BCUT2D eigenvalue weighted by Gasteiger charge is 2.32. The van der Waals surface area contributed by atoms with Crippen molar-refractivity contribution in [2.75, 3.05) is 18.8 Å². The molecule has 7 nitrogen and oxygen atoms in total. The van der Waals surface area contributed by atoms with Crippen molar-refractivity contribution in [1.82, 2.24) is 15.1 Å². The van der Waals surface area contributed by atoms with Gasteiger partial charge in [-0.05, 0) is 45.4 Å². The van der Waals surface area contributed by atoms with Gasteiger partial charge in [-0.25, -0.2) is 4.79 Å². The standard InChI is InChI=1S/C19H24N4O3/c1-19(2,3)26-18(25)23-9-8-12(11-23)14-10-15(21-22-17(14)20)13-6-4-5-7-16(13)24/h4-7,10,12,24H,8-9,11H2,1-3H3,(H2,20,22). The molecule has 0 aliphatic carbocycles. The number of amides is 1. The van der Waals surface area contributed by atoms with Crippen molar-refractivity contribution >= 4 is 11.9 Å². The van der Waals surface area contributed by atoms with Crippen molar-refractivity contribution in [2.24, 2.45) is 0 Å². The number of nitrogen functional groups attached to an aromatic ring is 1. The Labute approximate surface area is 152 Å². The lowest BCUT2D eigenvalue weighted by Crippen LogP contribution is -2.35. The van der Waals surface area contributed by atoms with E-state index in [4.69, 9.17) is 10.5 Å². The fourth-order valence-electron chi connectivity index (χ4n) is 3.07. The smallest absolute Gasteiger partial charge is 0.410 e. The summed E-state index contributed by atoms with van der Waals surface area (Å²) in [6.45, 7) is 6.67. The predicted octanol–water partition coefficient (Wildman–Crippen LogP) is 3.16. The molecule has 0 bridgehead atoms. The van der Waals surface area contributed by atoms with Gasteiger partial charge in [0.2, 0.25) is 0 Å². The Morgan fingerprint density at radius 1 is 1.31 bits per heavy atom. The molecule has 0 radical (unpaired) electrons. The molecule has 0 spiro atoms. The number of aromatic hydroxyl groups is 1. The first-order chi connectivity index (χ1) is 12.2. The largest absolute Gasteiger partial charge is 0.507 e. The van der Waals surface area contributed by atoms with E-state index in [1.54, 1.807) is 23.1 Å². The Morgan fingerprint density at radius 3 is 2.73 bits per heavy atom. The first kappa shape index (κ1) is 18.0. The fourth-order valence-corrected chi connectivity index (χ4v) is 3.07. The van der Waals surface area contributed by atoms with Crippen molar-refractivity contribution in [3.8, 4) is 17.0 Å². The SMILES string of the molecule is CC(C)(C)OC(=O)N1CCC(c2cc(-c3ccccc3O)nnc2N)C1. The maximum absolute atomic E-state index is 12.3. The molecule has 3 rings (SSSR count). The summed E-state index contributed by atoms with van der Waals surface area (Å²) < 4.78 is 5.44. The second-order valence-corrected chi connectivity index (χ2v) is 7.50. The van der Waals surface area contributed by atoms with Crippen LogP contribution in [0.25, 0.3) is 11.3 Å². The van der Waals surface area contributed by atoms with E-state index in [1.807, 2.05) is 32.9 Å². The van der Waals surface area contributed by atoms with Crippen molar-refractivity contribution in [2.45, 2.75) is 38.7 Å². The molecule has 1 aliphatic heterocycles. The fraction of sp³-hybridized carbons (Fsp3) is 0.421. The topological polar surface area (TPSA) is 102 Å². The molecule has 1 aromatic carbocycles. The number of nitrogens with two attached hydrogens (primary N) is 1. The Hall–Kier alpha value is -2.83. The third-order valence-corrected chi connectivity index (χ3v) is 4.31. The van der Waals surface area contributed by atoms with Crippen molar-refractivity contribution in [3.63, 3.8) is 0 Å². The van der Waals surface area contributed by atoms with E-state index in [1.165, 1.54) is 0 Å². The summed E-state index contributed by atoms with van der Waals surface area (Å²) in [6.07, 6.45) is 0.455. The minimum atomic E-state index is -0.523. The number of hydrogen-bond donors (Lipinski definition) is 2. The molecule has 3 N–H and O–H groups in total. The number of carbonyl (C=O) groups excluding carboxylic acids is 1. The molecular weight excluding hydrogens is 332 g/mol. The minimum absolute atomic E-state index is 0.0580. The van der Waals surface area contributed by atoms with Crippen molar-refractivity contribution in [3.05, 3.63) is 35.9 Å². The molecule has 1 atom stereocenters. The van der Waals surface area contributed by atoms with Gasteiger partial charge < -0.3 is 20.5 Å². The maximum Gasteiger partial charge on any atom is 0.410 e. The summed E-state index contributed by atoms with van der Waals surface area (Å²) in [5.41, 5.74) is 7.51. The first-order valence-electron chi connectivity index (χ1n) is 8.64. The number of aromatic nitrogens is 2. The number of ether oxygens (including phenoxy) is 1. The van der Waals surface area contributed by atoms with Crippen LogP contribution in [0, 0.1) is 0 Å². The van der Waals surface area contributed by atoms with Crippen molar-refractivity contribution in [1.29, 1.82) is 0 Å². The zero-order valence-electron chi connectivity index (χ0n) is 15.3. The summed E-state index contributed by atoms with van der Waals surface area (Å²) in [6, 6.07) is 8.81. The molecule has 1 aromatic heterocycles. The van der Waals surface area contributed by atoms with Crippen LogP contribution < -0.4 is 5.73 Å². The summed E-state index contributed by atoms with van der Waals surface area (Å²) in [5.74, 6) is 0.544. The highest BCUT2D eigenvalue weighted by molar-refractivity contribution is 5.70. The van der Waals surface area contributed by atoms with Crippen molar-refractivity contribution < 1.29 is 14.6 Å². The molecule has 1 aliphatic rings. The van der Waals surface area contributed by atoms with E-state index < -0.39 is 5.60 Å². The van der Waals surface area contributed by atoms with Gasteiger partial charge in [0.15, 0.2) is 0 Å². The van der Waals surface area contributed by atoms with Crippen LogP contribution in [0.2, 0.25) is 0 Å². The number of phenolic OH excluding ortho intramolecular Hbond substituents is 1. The molecule has 26 heavy (non-hydrogen) atoms. The van der Waals surface area contributed by atoms with Crippen LogP contribution in [0.1, 0.15) is 38.7 Å². The Balaban J connectivity index is 1.81. The molecule has 138 valence electrons. The molecule has 1 fully saturated rings. The van der Waals surface area contributed by atoms with Crippen LogP contribution in [0.5, 0.6) is 5.75 Å². The van der Waals surface area contributed by atoms with Gasteiger partial charge in [-0.15, -0.1) is 10.2 Å². The Morgan fingerprint density at radius 2 is 2.04 bits per heavy atom. The quantitative estimate of drug-likeness (QED) is 0.857. The third kappa shape index (κ3) is 3.87. The normalized spacial score (nSPS) is 17.3. The molecule has 0 saturated carbocycles. The number of phenols is 1. The minimum Gasteiger partial charge on any atom is -0.507 e. The van der Waals surface area contributed by atoms with Crippen LogP contribution >= 0.6 is 0 Å². The molecule has 1 unspecified atom stereocenters. The average Bonchev–Trinajstić information content (AvgIpc) is 3.04. The van der Waals surface area contributed by atoms with Gasteiger partial charge >= 0.3 is 6.09 Å². The number of para-hydroxylation sites is 1. The number of likely N-dealkylation sites (tertiary alicyclic amines) is 1. The Kier molecular flexibility index (Phi) is 4.71. The highest BCUT2D eigenvalue weighted by Crippen LogP contribution is 2.34. The second kappa shape index (κ2) is 6.82. The lowest BCUT2D eigenvalue weighted by molar-refractivity contribution is 0.0292. The predicted molar refractivity (Wildman–Crippen MR) is 98.7 cm³/mol.